The van der Waals surface area contributed by atoms with Crippen molar-refractivity contribution in [2.24, 2.45) is 0 Å². The lowest BCUT2D eigenvalue weighted by molar-refractivity contribution is -0.383. The molecule has 1 amide bonds. The smallest absolute Gasteiger partial charge is 0.293 e. The summed E-state index contributed by atoms with van der Waals surface area (Å²) < 4.78 is 0. The number of para-hydroxylation sites is 2. The third kappa shape index (κ3) is 3.24. The molecular weight excluding hydrogens is 318 g/mol. The number of nitro groups is 1. The van der Waals surface area contributed by atoms with Crippen molar-refractivity contribution in [3.63, 3.8) is 0 Å². The molecule has 0 bridgehead atoms. The number of aromatic amines is 1. The fourth-order valence-electron chi connectivity index (χ4n) is 2.86. The molecule has 0 unspecified atom stereocenters. The Kier molecular flexibility index (Phi) is 4.52. The number of hydrogen-bond acceptors (Lipinski definition) is 3. The van der Waals surface area contributed by atoms with Gasteiger partial charge in [0.15, 0.2) is 0 Å². The number of nitrogens with one attached hydrogen (secondary N) is 2. The number of benzene rings is 2. The van der Waals surface area contributed by atoms with E-state index in [0.29, 0.717) is 22.5 Å². The van der Waals surface area contributed by atoms with Gasteiger partial charge >= 0.3 is 0 Å². The number of aromatic nitrogens is 1. The van der Waals surface area contributed by atoms with Gasteiger partial charge in [0, 0.05) is 17.1 Å². The van der Waals surface area contributed by atoms with Crippen LogP contribution in [0.15, 0.2) is 48.5 Å². The quantitative estimate of drug-likeness (QED) is 0.515. The zero-order valence-corrected chi connectivity index (χ0v) is 14.1. The first-order valence-corrected chi connectivity index (χ1v) is 8.17. The lowest BCUT2D eigenvalue weighted by atomic mass is 9.97. The van der Waals surface area contributed by atoms with E-state index in [1.165, 1.54) is 6.07 Å². The second kappa shape index (κ2) is 6.76. The van der Waals surface area contributed by atoms with E-state index in [1.807, 2.05) is 24.3 Å². The van der Waals surface area contributed by atoms with Gasteiger partial charge < -0.3 is 10.3 Å². The van der Waals surface area contributed by atoms with E-state index in [-0.39, 0.29) is 11.6 Å². The summed E-state index contributed by atoms with van der Waals surface area (Å²) in [6.45, 7) is 4.21. The molecule has 2 N–H and O–H groups in total. The summed E-state index contributed by atoms with van der Waals surface area (Å²) in [4.78, 5) is 26.2. The van der Waals surface area contributed by atoms with Crippen molar-refractivity contribution in [1.82, 2.24) is 4.98 Å². The fraction of sp³-hybridized carbons (Fsp3) is 0.211. The first-order valence-electron chi connectivity index (χ1n) is 8.17. The summed E-state index contributed by atoms with van der Waals surface area (Å²) in [5.41, 5.74) is 2.43. The van der Waals surface area contributed by atoms with E-state index in [4.69, 9.17) is 0 Å². The van der Waals surface area contributed by atoms with E-state index in [1.54, 1.807) is 18.2 Å². The minimum absolute atomic E-state index is 0.0449. The molecule has 0 saturated heterocycles. The van der Waals surface area contributed by atoms with Crippen molar-refractivity contribution in [1.29, 1.82) is 0 Å². The Bertz CT molecular complexity index is 946. The van der Waals surface area contributed by atoms with Crippen LogP contribution in [-0.4, -0.2) is 15.8 Å². The number of non-ortho nitro benzene ring substituents is 1. The monoisotopic (exact) mass is 337 g/mol. The van der Waals surface area contributed by atoms with Crippen LogP contribution >= 0.6 is 0 Å². The molecule has 2 aromatic carbocycles. The average molecular weight is 337 g/mol. The Balaban J connectivity index is 1.94. The van der Waals surface area contributed by atoms with E-state index >= 15 is 0 Å². The van der Waals surface area contributed by atoms with Gasteiger partial charge in [0.05, 0.1) is 4.92 Å². The molecule has 1 atom stereocenters. The van der Waals surface area contributed by atoms with E-state index in [9.17, 15) is 14.9 Å². The van der Waals surface area contributed by atoms with Crippen LogP contribution in [0.25, 0.3) is 10.9 Å². The van der Waals surface area contributed by atoms with Crippen LogP contribution < -0.4 is 5.32 Å². The molecule has 0 aliphatic heterocycles. The van der Waals surface area contributed by atoms with Gasteiger partial charge in [-0.1, -0.05) is 44.2 Å². The van der Waals surface area contributed by atoms with Crippen LogP contribution in [-0.2, 0) is 0 Å². The van der Waals surface area contributed by atoms with Crippen LogP contribution in [0.3, 0.4) is 0 Å². The van der Waals surface area contributed by atoms with Crippen LogP contribution in [0.4, 0.5) is 11.4 Å². The van der Waals surface area contributed by atoms with Gasteiger partial charge in [-0.05, 0) is 30.0 Å². The maximum absolute atomic E-state index is 12.6. The van der Waals surface area contributed by atoms with Crippen molar-refractivity contribution in [2.75, 3.05) is 5.32 Å². The van der Waals surface area contributed by atoms with Crippen molar-refractivity contribution in [2.45, 2.75) is 26.2 Å². The third-order valence-electron chi connectivity index (χ3n) is 4.43. The van der Waals surface area contributed by atoms with Crippen molar-refractivity contribution < 1.29 is 9.72 Å². The predicted molar refractivity (Wildman–Crippen MR) is 98.1 cm³/mol. The normalized spacial score (nSPS) is 12.1. The molecule has 6 nitrogen and oxygen atoms in total. The van der Waals surface area contributed by atoms with Crippen molar-refractivity contribution >= 4 is 28.2 Å². The number of hydrogen-bond donors (Lipinski definition) is 2. The predicted octanol–water partition coefficient (Wildman–Crippen LogP) is 4.84. The maximum atomic E-state index is 12.6. The average Bonchev–Trinajstić information content (AvgIpc) is 3.05. The van der Waals surface area contributed by atoms with Gasteiger partial charge in [-0.25, -0.2) is 0 Å². The van der Waals surface area contributed by atoms with E-state index < -0.39 is 4.92 Å². The molecule has 25 heavy (non-hydrogen) atoms. The SMILES string of the molecule is CC[C@H](C)c1ccccc1NC(=O)c1cc2cccc([N+](=O)[O-])c2[nH]1. The largest absolute Gasteiger partial charge is 0.345 e. The Morgan fingerprint density at radius 3 is 2.72 bits per heavy atom. The van der Waals surface area contributed by atoms with Crippen LogP contribution in [0.5, 0.6) is 0 Å². The van der Waals surface area contributed by atoms with Gasteiger partial charge in [-0.3, -0.25) is 14.9 Å². The van der Waals surface area contributed by atoms with Gasteiger partial charge in [0.25, 0.3) is 11.6 Å². The van der Waals surface area contributed by atoms with Crippen LogP contribution in [0.2, 0.25) is 0 Å². The fourth-order valence-corrected chi connectivity index (χ4v) is 2.86. The number of fused-ring (bicyclic) bond motifs is 1. The summed E-state index contributed by atoms with van der Waals surface area (Å²) in [5.74, 6) is 0.00144. The Morgan fingerprint density at radius 1 is 1.24 bits per heavy atom. The number of carbonyl (C=O) groups is 1. The number of carbonyl (C=O) groups excluding carboxylic acids is 1. The first kappa shape index (κ1) is 16.7. The molecule has 3 aromatic rings. The van der Waals surface area contributed by atoms with E-state index in [0.717, 1.165) is 17.7 Å². The summed E-state index contributed by atoms with van der Waals surface area (Å²) in [6.07, 6.45) is 0.964. The lowest BCUT2D eigenvalue weighted by Gasteiger charge is -2.15. The lowest BCUT2D eigenvalue weighted by Crippen LogP contribution is -2.14. The summed E-state index contributed by atoms with van der Waals surface area (Å²) >= 11 is 0. The molecule has 0 aliphatic carbocycles. The van der Waals surface area contributed by atoms with Gasteiger partial charge in [-0.2, -0.15) is 0 Å². The second-order valence-corrected chi connectivity index (χ2v) is 6.03. The van der Waals surface area contributed by atoms with Gasteiger partial charge in [-0.15, -0.1) is 0 Å². The van der Waals surface area contributed by atoms with Crippen molar-refractivity contribution in [3.05, 3.63) is 69.9 Å². The number of nitro benzene ring substituents is 1. The minimum Gasteiger partial charge on any atom is -0.345 e. The first-order chi connectivity index (χ1) is 12.0. The standard InChI is InChI=1S/C19H19N3O3/c1-3-12(2)14-8-4-5-9-15(14)21-19(23)16-11-13-7-6-10-17(22(24)25)18(13)20-16/h4-12,20H,3H2,1-2H3,(H,21,23)/t12-/m0/s1. The van der Waals surface area contributed by atoms with Crippen molar-refractivity contribution in [3.8, 4) is 0 Å². The number of amides is 1. The number of rotatable bonds is 5. The molecule has 0 aliphatic rings. The van der Waals surface area contributed by atoms with Crippen LogP contribution in [0.1, 0.15) is 42.2 Å². The molecular formula is C19H19N3O3. The highest BCUT2D eigenvalue weighted by Gasteiger charge is 2.18. The summed E-state index contributed by atoms with van der Waals surface area (Å²) in [6, 6.07) is 14.1. The topological polar surface area (TPSA) is 88.0 Å². The summed E-state index contributed by atoms with van der Waals surface area (Å²) in [7, 11) is 0. The molecule has 1 heterocycles. The Hall–Kier alpha value is -3.15. The molecule has 3 rings (SSSR count). The zero-order valence-electron chi connectivity index (χ0n) is 14.1. The Morgan fingerprint density at radius 2 is 2.00 bits per heavy atom. The molecule has 0 radical (unpaired) electrons. The molecule has 0 fully saturated rings. The van der Waals surface area contributed by atoms with Gasteiger partial charge in [0.1, 0.15) is 11.2 Å². The Labute approximate surface area is 145 Å². The molecule has 128 valence electrons. The molecule has 1 aromatic heterocycles. The number of H-pyrrole nitrogens is 1. The summed E-state index contributed by atoms with van der Waals surface area (Å²) in [5, 5.41) is 14.7. The zero-order chi connectivity index (χ0) is 18.0. The van der Waals surface area contributed by atoms with E-state index in [2.05, 4.69) is 24.1 Å². The highest BCUT2D eigenvalue weighted by atomic mass is 16.6. The third-order valence-corrected chi connectivity index (χ3v) is 4.43. The second-order valence-electron chi connectivity index (χ2n) is 6.03. The maximum Gasteiger partial charge on any atom is 0.293 e. The van der Waals surface area contributed by atoms with Crippen LogP contribution in [0, 0.1) is 10.1 Å². The molecule has 0 saturated carbocycles. The highest BCUT2D eigenvalue weighted by Crippen LogP contribution is 2.28. The minimum atomic E-state index is -0.460. The molecule has 0 spiro atoms. The van der Waals surface area contributed by atoms with Gasteiger partial charge in [0.2, 0.25) is 0 Å². The number of anilines is 1. The molecule has 6 heteroatoms. The number of nitrogens with zero attached hydrogens (tertiary/aromatic N) is 1. The highest BCUT2D eigenvalue weighted by molar-refractivity contribution is 6.07.